The molecule has 3 N–H and O–H groups in total. The van der Waals surface area contributed by atoms with E-state index in [0.29, 0.717) is 18.1 Å². The molecular weight excluding hydrogens is 244 g/mol. The number of carboxylic acids is 1. The van der Waals surface area contributed by atoms with E-state index < -0.39 is 12.0 Å². The number of hydrogen-bond donors (Lipinski definition) is 3. The number of anilines is 1. The fraction of sp³-hybridized carbons (Fsp3) is 0.462. The number of aromatic amines is 1. The maximum Gasteiger partial charge on any atom is 0.326 e. The summed E-state index contributed by atoms with van der Waals surface area (Å²) in [5.74, 6) is 0.331. The number of hydrogen-bond acceptors (Lipinski definition) is 4. The van der Waals surface area contributed by atoms with Crippen LogP contribution in [0.3, 0.4) is 0 Å². The van der Waals surface area contributed by atoms with E-state index >= 15 is 0 Å². The highest BCUT2D eigenvalue weighted by molar-refractivity contribution is 5.89. The second-order valence-corrected chi connectivity index (χ2v) is 4.54. The van der Waals surface area contributed by atoms with Gasteiger partial charge in [0, 0.05) is 6.20 Å². The van der Waals surface area contributed by atoms with Gasteiger partial charge in [0.15, 0.2) is 0 Å². The Hall–Kier alpha value is -2.11. The molecule has 0 amide bonds. The Morgan fingerprint density at radius 3 is 3.00 bits per heavy atom. The number of rotatable bonds is 6. The van der Waals surface area contributed by atoms with Gasteiger partial charge in [0.05, 0.1) is 5.39 Å². The molecule has 0 radical (unpaired) electrons. The number of H-pyrrole nitrogens is 1. The minimum atomic E-state index is -0.853. The first-order valence-corrected chi connectivity index (χ1v) is 6.43. The fourth-order valence-electron chi connectivity index (χ4n) is 1.99. The van der Waals surface area contributed by atoms with Gasteiger partial charge in [-0.1, -0.05) is 19.8 Å². The molecule has 2 aromatic heterocycles. The van der Waals surface area contributed by atoms with Crippen molar-refractivity contribution in [2.75, 3.05) is 5.32 Å². The zero-order chi connectivity index (χ0) is 13.8. The van der Waals surface area contributed by atoms with Crippen LogP contribution in [0.5, 0.6) is 0 Å². The predicted octanol–water partition coefficient (Wildman–Crippen LogP) is 2.32. The van der Waals surface area contributed by atoms with Crippen LogP contribution in [0.25, 0.3) is 11.0 Å². The normalized spacial score (nSPS) is 12.5. The minimum Gasteiger partial charge on any atom is -0.480 e. The summed E-state index contributed by atoms with van der Waals surface area (Å²) in [5, 5.41) is 13.1. The first kappa shape index (κ1) is 13.3. The molecule has 1 atom stereocenters. The summed E-state index contributed by atoms with van der Waals surface area (Å²) in [6.45, 7) is 3.82. The Kier molecular flexibility index (Phi) is 3.99. The lowest BCUT2D eigenvalue weighted by atomic mass is 10.1. The molecule has 0 spiro atoms. The van der Waals surface area contributed by atoms with Crippen LogP contribution in [-0.4, -0.2) is 32.1 Å². The highest BCUT2D eigenvalue weighted by Gasteiger charge is 2.18. The molecule has 0 saturated carbocycles. The van der Waals surface area contributed by atoms with Crippen molar-refractivity contribution >= 4 is 22.8 Å². The van der Waals surface area contributed by atoms with E-state index in [1.54, 1.807) is 13.1 Å². The van der Waals surface area contributed by atoms with E-state index in [9.17, 15) is 9.90 Å². The van der Waals surface area contributed by atoms with E-state index in [2.05, 4.69) is 20.3 Å². The minimum absolute atomic E-state index is 0.576. The van der Waals surface area contributed by atoms with Crippen molar-refractivity contribution < 1.29 is 9.90 Å². The summed E-state index contributed by atoms with van der Waals surface area (Å²) < 4.78 is 0. The van der Waals surface area contributed by atoms with E-state index in [1.807, 2.05) is 13.0 Å². The third-order valence-electron chi connectivity index (χ3n) is 2.98. The number of nitrogens with one attached hydrogen (secondary N) is 2. The largest absolute Gasteiger partial charge is 0.480 e. The van der Waals surface area contributed by atoms with Crippen LogP contribution in [-0.2, 0) is 4.79 Å². The molecule has 0 saturated heterocycles. The second-order valence-electron chi connectivity index (χ2n) is 4.54. The SMILES string of the molecule is CCCC[C@H](Nc1nc(C)nc2[nH]ccc12)C(=O)O. The van der Waals surface area contributed by atoms with Gasteiger partial charge in [-0.2, -0.15) is 0 Å². The Balaban J connectivity index is 2.27. The highest BCUT2D eigenvalue weighted by Crippen LogP contribution is 2.20. The van der Waals surface area contributed by atoms with Gasteiger partial charge in [0.25, 0.3) is 0 Å². The van der Waals surface area contributed by atoms with Crippen molar-refractivity contribution in [2.45, 2.75) is 39.2 Å². The van der Waals surface area contributed by atoms with Gasteiger partial charge < -0.3 is 15.4 Å². The van der Waals surface area contributed by atoms with Gasteiger partial charge in [-0.25, -0.2) is 14.8 Å². The summed E-state index contributed by atoms with van der Waals surface area (Å²) in [5.41, 5.74) is 0.717. The number of nitrogens with zero attached hydrogens (tertiary/aromatic N) is 2. The van der Waals surface area contributed by atoms with Crippen LogP contribution in [0.15, 0.2) is 12.3 Å². The van der Waals surface area contributed by atoms with Crippen LogP contribution < -0.4 is 5.32 Å². The van der Waals surface area contributed by atoms with Crippen molar-refractivity contribution in [3.05, 3.63) is 18.1 Å². The molecule has 102 valence electrons. The summed E-state index contributed by atoms with van der Waals surface area (Å²) in [7, 11) is 0. The molecule has 0 fully saturated rings. The fourth-order valence-corrected chi connectivity index (χ4v) is 1.99. The van der Waals surface area contributed by atoms with Crippen LogP contribution in [0.2, 0.25) is 0 Å². The molecule has 0 bridgehead atoms. The van der Waals surface area contributed by atoms with Gasteiger partial charge in [-0.15, -0.1) is 0 Å². The summed E-state index contributed by atoms with van der Waals surface area (Å²) in [6, 6.07) is 1.22. The smallest absolute Gasteiger partial charge is 0.326 e. The topological polar surface area (TPSA) is 90.9 Å². The van der Waals surface area contributed by atoms with Gasteiger partial charge in [-0.05, 0) is 19.4 Å². The monoisotopic (exact) mass is 262 g/mol. The third-order valence-corrected chi connectivity index (χ3v) is 2.98. The molecule has 2 heterocycles. The lowest BCUT2D eigenvalue weighted by Crippen LogP contribution is -2.29. The van der Waals surface area contributed by atoms with Crippen molar-refractivity contribution in [3.63, 3.8) is 0 Å². The number of carboxylic acid groups (broad SMARTS) is 1. The molecule has 0 aliphatic rings. The zero-order valence-electron chi connectivity index (χ0n) is 11.1. The van der Waals surface area contributed by atoms with Gasteiger partial charge in [0.1, 0.15) is 23.3 Å². The quantitative estimate of drug-likeness (QED) is 0.743. The molecule has 6 nitrogen and oxygen atoms in total. The summed E-state index contributed by atoms with van der Waals surface area (Å²) in [4.78, 5) is 22.8. The summed E-state index contributed by atoms with van der Waals surface area (Å²) in [6.07, 6.45) is 4.19. The molecule has 2 aromatic rings. The maximum atomic E-state index is 11.3. The van der Waals surface area contributed by atoms with Crippen LogP contribution in [0, 0.1) is 6.92 Å². The number of unbranched alkanes of at least 4 members (excludes halogenated alkanes) is 1. The van der Waals surface area contributed by atoms with Crippen LogP contribution >= 0.6 is 0 Å². The Labute approximate surface area is 111 Å². The van der Waals surface area contributed by atoms with Crippen LogP contribution in [0.4, 0.5) is 5.82 Å². The van der Waals surface area contributed by atoms with Crippen molar-refractivity contribution in [1.29, 1.82) is 0 Å². The van der Waals surface area contributed by atoms with E-state index in [4.69, 9.17) is 0 Å². The standard InChI is InChI=1S/C13H18N4O2/c1-3-4-5-10(13(18)19)17-12-9-6-7-14-11(9)15-8(2)16-12/h6-7,10H,3-5H2,1-2H3,(H,18,19)(H2,14,15,16,17)/t10-/m0/s1. The molecule has 0 aliphatic carbocycles. The first-order chi connectivity index (χ1) is 9.11. The van der Waals surface area contributed by atoms with Gasteiger partial charge in [-0.3, -0.25) is 0 Å². The number of aliphatic carboxylic acids is 1. The third kappa shape index (κ3) is 3.01. The van der Waals surface area contributed by atoms with Gasteiger partial charge in [0.2, 0.25) is 0 Å². The lowest BCUT2D eigenvalue weighted by molar-refractivity contribution is -0.138. The van der Waals surface area contributed by atoms with Crippen molar-refractivity contribution in [1.82, 2.24) is 15.0 Å². The van der Waals surface area contributed by atoms with Crippen LogP contribution in [0.1, 0.15) is 32.0 Å². The molecule has 2 rings (SSSR count). The number of aromatic nitrogens is 3. The maximum absolute atomic E-state index is 11.3. The number of aryl methyl sites for hydroxylation is 1. The molecule has 6 heteroatoms. The number of fused-ring (bicyclic) bond motifs is 1. The van der Waals surface area contributed by atoms with Crippen molar-refractivity contribution in [3.8, 4) is 0 Å². The van der Waals surface area contributed by atoms with Gasteiger partial charge >= 0.3 is 5.97 Å². The van der Waals surface area contributed by atoms with Crippen molar-refractivity contribution in [2.24, 2.45) is 0 Å². The molecule has 0 aliphatic heterocycles. The lowest BCUT2D eigenvalue weighted by Gasteiger charge is -2.15. The van der Waals surface area contributed by atoms with E-state index in [0.717, 1.165) is 23.9 Å². The van der Waals surface area contributed by atoms with E-state index in [-0.39, 0.29) is 0 Å². The molecule has 0 aromatic carbocycles. The summed E-state index contributed by atoms with van der Waals surface area (Å²) >= 11 is 0. The second kappa shape index (κ2) is 5.69. The average molecular weight is 262 g/mol. The molecule has 0 unspecified atom stereocenters. The Morgan fingerprint density at radius 1 is 1.53 bits per heavy atom. The zero-order valence-corrected chi connectivity index (χ0v) is 11.1. The average Bonchev–Trinajstić information content (AvgIpc) is 2.81. The molecular formula is C13H18N4O2. The van der Waals surface area contributed by atoms with E-state index in [1.165, 1.54) is 0 Å². The predicted molar refractivity (Wildman–Crippen MR) is 73.2 cm³/mol. The Bertz CT molecular complexity index is 579. The highest BCUT2D eigenvalue weighted by atomic mass is 16.4. The number of carbonyl (C=O) groups is 1. The molecule has 19 heavy (non-hydrogen) atoms. The Morgan fingerprint density at radius 2 is 2.32 bits per heavy atom. The first-order valence-electron chi connectivity index (χ1n) is 6.43.